The highest BCUT2D eigenvalue weighted by Crippen LogP contribution is 2.33. The van der Waals surface area contributed by atoms with E-state index >= 15 is 0 Å². The molecule has 1 aliphatic carbocycles. The van der Waals surface area contributed by atoms with E-state index in [1.165, 1.54) is 49.7 Å². The Morgan fingerprint density at radius 1 is 1.11 bits per heavy atom. The quantitative estimate of drug-likeness (QED) is 0.829. The number of nitrogens with two attached hydrogens (primary N) is 1. The van der Waals surface area contributed by atoms with Crippen molar-refractivity contribution in [3.8, 4) is 0 Å². The summed E-state index contributed by atoms with van der Waals surface area (Å²) in [5.74, 6) is 1.72. The van der Waals surface area contributed by atoms with Gasteiger partial charge in [-0.1, -0.05) is 49.6 Å². The molecule has 1 atom stereocenters. The van der Waals surface area contributed by atoms with Gasteiger partial charge in [0.25, 0.3) is 0 Å². The highest BCUT2D eigenvalue weighted by molar-refractivity contribution is 5.21. The Morgan fingerprint density at radius 2 is 1.74 bits per heavy atom. The molecule has 0 amide bonds. The van der Waals surface area contributed by atoms with Crippen LogP contribution in [0.2, 0.25) is 0 Å². The highest BCUT2D eigenvalue weighted by Gasteiger charge is 2.24. The lowest BCUT2D eigenvalue weighted by Gasteiger charge is -2.31. The number of hydrogen-bond donors (Lipinski definition) is 1. The molecule has 0 bridgehead atoms. The molecule has 0 heterocycles. The van der Waals surface area contributed by atoms with Crippen molar-refractivity contribution in [2.24, 2.45) is 17.6 Å². The van der Waals surface area contributed by atoms with Crippen molar-refractivity contribution >= 4 is 0 Å². The lowest BCUT2D eigenvalue weighted by molar-refractivity contribution is 0.232. The Balaban J connectivity index is 1.72. The SMILES string of the molecule is CCC(N)C1CCC(CCc2ccc(C)cc2)CC1. The molecule has 1 fully saturated rings. The van der Waals surface area contributed by atoms with E-state index in [-0.39, 0.29) is 0 Å². The maximum absolute atomic E-state index is 6.17. The second kappa shape index (κ2) is 7.09. The predicted octanol–water partition coefficient (Wildman–Crippen LogP) is 4.47. The molecule has 0 radical (unpaired) electrons. The van der Waals surface area contributed by atoms with Gasteiger partial charge in [0.15, 0.2) is 0 Å². The first-order chi connectivity index (χ1) is 9.19. The Bertz CT molecular complexity index is 360. The van der Waals surface area contributed by atoms with Gasteiger partial charge in [0.05, 0.1) is 0 Å². The van der Waals surface area contributed by atoms with Crippen LogP contribution in [0.3, 0.4) is 0 Å². The van der Waals surface area contributed by atoms with Crippen molar-refractivity contribution in [3.05, 3.63) is 35.4 Å². The summed E-state index contributed by atoms with van der Waals surface area (Å²) in [6.07, 6.45) is 9.24. The van der Waals surface area contributed by atoms with Crippen LogP contribution in [-0.4, -0.2) is 6.04 Å². The predicted molar refractivity (Wildman–Crippen MR) is 83.2 cm³/mol. The van der Waals surface area contributed by atoms with Gasteiger partial charge in [-0.05, 0) is 56.4 Å². The highest BCUT2D eigenvalue weighted by atomic mass is 14.6. The van der Waals surface area contributed by atoms with Crippen LogP contribution in [0.1, 0.15) is 56.6 Å². The third-order valence-electron chi connectivity index (χ3n) is 4.93. The van der Waals surface area contributed by atoms with Crippen LogP contribution in [-0.2, 0) is 6.42 Å². The molecular formula is C18H29N. The average Bonchev–Trinajstić information content (AvgIpc) is 2.46. The molecule has 2 N–H and O–H groups in total. The van der Waals surface area contributed by atoms with Crippen LogP contribution >= 0.6 is 0 Å². The van der Waals surface area contributed by atoms with Crippen LogP contribution in [0.4, 0.5) is 0 Å². The first-order valence-corrected chi connectivity index (χ1v) is 8.00. The van der Waals surface area contributed by atoms with Crippen LogP contribution in [0, 0.1) is 18.8 Å². The van der Waals surface area contributed by atoms with Crippen LogP contribution in [0.5, 0.6) is 0 Å². The lowest BCUT2D eigenvalue weighted by Crippen LogP contribution is -2.32. The topological polar surface area (TPSA) is 26.0 Å². The third kappa shape index (κ3) is 4.35. The maximum atomic E-state index is 6.17. The van der Waals surface area contributed by atoms with E-state index in [9.17, 15) is 0 Å². The Morgan fingerprint density at radius 3 is 2.32 bits per heavy atom. The zero-order valence-electron chi connectivity index (χ0n) is 12.6. The maximum Gasteiger partial charge on any atom is 0.00645 e. The molecule has 0 spiro atoms. The third-order valence-corrected chi connectivity index (χ3v) is 4.93. The molecule has 1 heteroatoms. The van der Waals surface area contributed by atoms with Gasteiger partial charge in [-0.25, -0.2) is 0 Å². The average molecular weight is 259 g/mol. The van der Waals surface area contributed by atoms with Crippen molar-refractivity contribution < 1.29 is 0 Å². The minimum absolute atomic E-state index is 0.443. The molecule has 1 nitrogen and oxygen atoms in total. The van der Waals surface area contributed by atoms with Gasteiger partial charge in [-0.3, -0.25) is 0 Å². The van der Waals surface area contributed by atoms with Gasteiger partial charge in [-0.2, -0.15) is 0 Å². The van der Waals surface area contributed by atoms with Crippen molar-refractivity contribution in [2.45, 2.75) is 64.8 Å². The van der Waals surface area contributed by atoms with Crippen LogP contribution in [0.25, 0.3) is 0 Å². The Labute approximate surface area is 118 Å². The summed E-state index contributed by atoms with van der Waals surface area (Å²) in [6, 6.07) is 9.47. The summed E-state index contributed by atoms with van der Waals surface area (Å²) >= 11 is 0. The van der Waals surface area contributed by atoms with Crippen molar-refractivity contribution in [1.29, 1.82) is 0 Å². The molecule has 1 saturated carbocycles. The van der Waals surface area contributed by atoms with Gasteiger partial charge in [-0.15, -0.1) is 0 Å². The molecule has 2 rings (SSSR count). The van der Waals surface area contributed by atoms with E-state index in [0.717, 1.165) is 18.3 Å². The number of benzene rings is 1. The molecule has 1 aromatic rings. The van der Waals surface area contributed by atoms with Crippen LogP contribution in [0.15, 0.2) is 24.3 Å². The molecule has 0 aliphatic heterocycles. The summed E-state index contributed by atoms with van der Waals surface area (Å²) in [7, 11) is 0. The molecule has 1 unspecified atom stereocenters. The summed E-state index contributed by atoms with van der Waals surface area (Å²) in [5, 5.41) is 0. The van der Waals surface area contributed by atoms with Gasteiger partial charge in [0.1, 0.15) is 0 Å². The molecule has 0 saturated heterocycles. The van der Waals surface area contributed by atoms with E-state index in [1.54, 1.807) is 0 Å². The van der Waals surface area contributed by atoms with Crippen molar-refractivity contribution in [3.63, 3.8) is 0 Å². The summed E-state index contributed by atoms with van der Waals surface area (Å²) in [4.78, 5) is 0. The fourth-order valence-electron chi connectivity index (χ4n) is 3.36. The van der Waals surface area contributed by atoms with E-state index in [2.05, 4.69) is 38.1 Å². The fraction of sp³-hybridized carbons (Fsp3) is 0.667. The van der Waals surface area contributed by atoms with Crippen molar-refractivity contribution in [2.75, 3.05) is 0 Å². The molecule has 0 aromatic heterocycles. The van der Waals surface area contributed by atoms with E-state index in [0.29, 0.717) is 6.04 Å². The minimum atomic E-state index is 0.443. The zero-order chi connectivity index (χ0) is 13.7. The molecule has 1 aromatic carbocycles. The fourth-order valence-corrected chi connectivity index (χ4v) is 3.36. The van der Waals surface area contributed by atoms with E-state index in [4.69, 9.17) is 5.73 Å². The van der Waals surface area contributed by atoms with Gasteiger partial charge in [0, 0.05) is 6.04 Å². The van der Waals surface area contributed by atoms with Gasteiger partial charge >= 0.3 is 0 Å². The molecule has 19 heavy (non-hydrogen) atoms. The molecule has 106 valence electrons. The van der Waals surface area contributed by atoms with Gasteiger partial charge in [0.2, 0.25) is 0 Å². The molecule has 1 aliphatic rings. The normalized spacial score (nSPS) is 25.2. The second-order valence-corrected chi connectivity index (χ2v) is 6.38. The summed E-state index contributed by atoms with van der Waals surface area (Å²) in [5.41, 5.74) is 9.03. The monoisotopic (exact) mass is 259 g/mol. The number of aryl methyl sites for hydroxylation is 2. The van der Waals surface area contributed by atoms with E-state index < -0.39 is 0 Å². The second-order valence-electron chi connectivity index (χ2n) is 6.38. The Hall–Kier alpha value is -0.820. The largest absolute Gasteiger partial charge is 0.327 e. The summed E-state index contributed by atoms with van der Waals surface area (Å²) < 4.78 is 0. The first-order valence-electron chi connectivity index (χ1n) is 8.00. The summed E-state index contributed by atoms with van der Waals surface area (Å²) in [6.45, 7) is 4.37. The van der Waals surface area contributed by atoms with E-state index in [1.807, 2.05) is 0 Å². The zero-order valence-corrected chi connectivity index (χ0v) is 12.6. The Kier molecular flexibility index (Phi) is 5.45. The smallest absolute Gasteiger partial charge is 0.00645 e. The lowest BCUT2D eigenvalue weighted by atomic mass is 9.76. The van der Waals surface area contributed by atoms with Crippen LogP contribution < -0.4 is 5.73 Å². The number of hydrogen-bond acceptors (Lipinski definition) is 1. The standard InChI is InChI=1S/C18H29N/c1-3-18(19)17-12-10-16(11-13-17)9-8-15-6-4-14(2)5-7-15/h4-7,16-18H,3,8-13,19H2,1-2H3. The number of rotatable bonds is 5. The molecular weight excluding hydrogens is 230 g/mol. The minimum Gasteiger partial charge on any atom is -0.327 e. The first kappa shape index (κ1) is 14.6. The van der Waals surface area contributed by atoms with Crippen molar-refractivity contribution in [1.82, 2.24) is 0 Å². The van der Waals surface area contributed by atoms with Gasteiger partial charge < -0.3 is 5.73 Å².